The summed E-state index contributed by atoms with van der Waals surface area (Å²) in [5.41, 5.74) is 5.65. The molecule has 78 valence electrons. The zero-order chi connectivity index (χ0) is 10.6. The maximum absolute atomic E-state index is 11.2. The lowest BCUT2D eigenvalue weighted by Crippen LogP contribution is -2.24. The van der Waals surface area contributed by atoms with Crippen LogP contribution in [0.2, 0.25) is 0 Å². The first kappa shape index (κ1) is 10.6. The van der Waals surface area contributed by atoms with Crippen LogP contribution in [0.1, 0.15) is 42.8 Å². The van der Waals surface area contributed by atoms with Gasteiger partial charge in [0, 0.05) is 6.54 Å². The average molecular weight is 198 g/mol. The maximum Gasteiger partial charge on any atom is 0.292 e. The van der Waals surface area contributed by atoms with Crippen LogP contribution in [-0.4, -0.2) is 22.6 Å². The summed E-state index contributed by atoms with van der Waals surface area (Å²) >= 11 is 0. The van der Waals surface area contributed by atoms with Gasteiger partial charge in [-0.3, -0.25) is 4.79 Å². The summed E-state index contributed by atoms with van der Waals surface area (Å²) in [7, 11) is 0. The molecule has 0 aliphatic heterocycles. The van der Waals surface area contributed by atoms with Gasteiger partial charge in [0.05, 0.1) is 6.04 Å². The van der Waals surface area contributed by atoms with Crippen LogP contribution < -0.4 is 11.1 Å². The Bertz CT molecular complexity index is 310. The second-order valence-electron chi connectivity index (χ2n) is 2.83. The highest BCUT2D eigenvalue weighted by Crippen LogP contribution is 2.10. The average Bonchev–Trinajstić information content (AvgIpc) is 2.66. The summed E-state index contributed by atoms with van der Waals surface area (Å²) < 4.78 is 4.84. The van der Waals surface area contributed by atoms with E-state index in [-0.39, 0.29) is 17.8 Å². The number of hydrogen-bond donors (Lipinski definition) is 2. The predicted octanol–water partition coefficient (Wildman–Crippen LogP) is 0.229. The number of hydrogen-bond acceptors (Lipinski definition) is 5. The number of amides is 1. The molecule has 0 bridgehead atoms. The van der Waals surface area contributed by atoms with Crippen molar-refractivity contribution in [2.75, 3.05) is 6.54 Å². The van der Waals surface area contributed by atoms with Gasteiger partial charge in [0.1, 0.15) is 0 Å². The molecule has 1 unspecified atom stereocenters. The first-order valence-corrected chi connectivity index (χ1v) is 4.56. The predicted molar refractivity (Wildman–Crippen MR) is 49.5 cm³/mol. The Hall–Kier alpha value is -1.43. The SMILES string of the molecule is CCNC(=O)c1noc(C(N)CC)n1. The van der Waals surface area contributed by atoms with Crippen molar-refractivity contribution in [3.63, 3.8) is 0 Å². The fourth-order valence-corrected chi connectivity index (χ4v) is 0.892. The van der Waals surface area contributed by atoms with Crippen molar-refractivity contribution in [1.29, 1.82) is 0 Å². The molecule has 6 heteroatoms. The van der Waals surface area contributed by atoms with Crippen LogP contribution in [0.25, 0.3) is 0 Å². The molecular formula is C8H14N4O2. The molecular weight excluding hydrogens is 184 g/mol. The highest BCUT2D eigenvalue weighted by atomic mass is 16.5. The Morgan fingerprint density at radius 3 is 2.93 bits per heavy atom. The molecule has 1 atom stereocenters. The van der Waals surface area contributed by atoms with E-state index in [1.54, 1.807) is 0 Å². The van der Waals surface area contributed by atoms with Crippen molar-refractivity contribution < 1.29 is 9.32 Å². The molecule has 0 spiro atoms. The second kappa shape index (κ2) is 4.71. The van der Waals surface area contributed by atoms with Gasteiger partial charge < -0.3 is 15.6 Å². The normalized spacial score (nSPS) is 12.5. The van der Waals surface area contributed by atoms with Crippen LogP contribution in [-0.2, 0) is 0 Å². The number of carbonyl (C=O) groups is 1. The Morgan fingerprint density at radius 1 is 1.64 bits per heavy atom. The van der Waals surface area contributed by atoms with E-state index in [0.29, 0.717) is 18.9 Å². The molecule has 0 aliphatic rings. The van der Waals surface area contributed by atoms with Crippen LogP contribution in [0, 0.1) is 0 Å². The Morgan fingerprint density at radius 2 is 2.36 bits per heavy atom. The number of nitrogens with zero attached hydrogens (tertiary/aromatic N) is 2. The summed E-state index contributed by atoms with van der Waals surface area (Å²) in [4.78, 5) is 15.1. The van der Waals surface area contributed by atoms with Crippen LogP contribution in [0.4, 0.5) is 0 Å². The number of carbonyl (C=O) groups excluding carboxylic acids is 1. The molecule has 1 amide bonds. The highest BCUT2D eigenvalue weighted by Gasteiger charge is 2.16. The lowest BCUT2D eigenvalue weighted by molar-refractivity contribution is 0.0942. The third-order valence-electron chi connectivity index (χ3n) is 1.74. The second-order valence-corrected chi connectivity index (χ2v) is 2.83. The Labute approximate surface area is 81.9 Å². The standard InChI is InChI=1S/C8H14N4O2/c1-3-5(9)8-11-6(12-14-8)7(13)10-4-2/h5H,3-4,9H2,1-2H3,(H,10,13). The van der Waals surface area contributed by atoms with Gasteiger partial charge in [0.25, 0.3) is 11.7 Å². The molecule has 0 aliphatic carbocycles. The molecule has 1 aromatic heterocycles. The minimum atomic E-state index is -0.342. The van der Waals surface area contributed by atoms with Gasteiger partial charge in [-0.05, 0) is 13.3 Å². The van der Waals surface area contributed by atoms with E-state index in [0.717, 1.165) is 0 Å². The van der Waals surface area contributed by atoms with E-state index >= 15 is 0 Å². The molecule has 1 heterocycles. The van der Waals surface area contributed by atoms with Crippen molar-refractivity contribution in [2.24, 2.45) is 5.73 Å². The molecule has 0 radical (unpaired) electrons. The molecule has 1 rings (SSSR count). The van der Waals surface area contributed by atoms with Gasteiger partial charge in [-0.1, -0.05) is 12.1 Å². The molecule has 6 nitrogen and oxygen atoms in total. The van der Waals surface area contributed by atoms with E-state index in [4.69, 9.17) is 10.3 Å². The van der Waals surface area contributed by atoms with Gasteiger partial charge in [0.2, 0.25) is 5.89 Å². The Balaban J connectivity index is 2.72. The molecule has 14 heavy (non-hydrogen) atoms. The number of nitrogens with one attached hydrogen (secondary N) is 1. The highest BCUT2D eigenvalue weighted by molar-refractivity contribution is 5.90. The summed E-state index contributed by atoms with van der Waals surface area (Å²) in [6.45, 7) is 4.25. The lowest BCUT2D eigenvalue weighted by atomic mass is 10.2. The molecule has 3 N–H and O–H groups in total. The Kier molecular flexibility index (Phi) is 3.58. The quantitative estimate of drug-likeness (QED) is 0.722. The monoisotopic (exact) mass is 198 g/mol. The summed E-state index contributed by atoms with van der Waals surface area (Å²) in [6.07, 6.45) is 0.691. The first-order valence-electron chi connectivity index (χ1n) is 4.56. The summed E-state index contributed by atoms with van der Waals surface area (Å²) in [5, 5.41) is 6.09. The van der Waals surface area contributed by atoms with E-state index in [1.807, 2.05) is 13.8 Å². The zero-order valence-electron chi connectivity index (χ0n) is 8.28. The third kappa shape index (κ3) is 2.29. The number of nitrogens with two attached hydrogens (primary N) is 1. The van der Waals surface area contributed by atoms with Crippen molar-refractivity contribution in [2.45, 2.75) is 26.3 Å². The summed E-state index contributed by atoms with van der Waals surface area (Å²) in [6, 6.07) is -0.300. The summed E-state index contributed by atoms with van der Waals surface area (Å²) in [5.74, 6) is -0.00898. The van der Waals surface area contributed by atoms with Gasteiger partial charge in [-0.25, -0.2) is 0 Å². The van der Waals surface area contributed by atoms with Gasteiger partial charge >= 0.3 is 0 Å². The number of rotatable bonds is 4. The van der Waals surface area contributed by atoms with E-state index in [2.05, 4.69) is 15.5 Å². The van der Waals surface area contributed by atoms with Crippen molar-refractivity contribution in [3.8, 4) is 0 Å². The van der Waals surface area contributed by atoms with Crippen LogP contribution >= 0.6 is 0 Å². The smallest absolute Gasteiger partial charge is 0.292 e. The lowest BCUT2D eigenvalue weighted by Gasteiger charge is -1.99. The van der Waals surface area contributed by atoms with E-state index in [1.165, 1.54) is 0 Å². The first-order chi connectivity index (χ1) is 6.69. The van der Waals surface area contributed by atoms with Crippen LogP contribution in [0.3, 0.4) is 0 Å². The van der Waals surface area contributed by atoms with Crippen molar-refractivity contribution in [3.05, 3.63) is 11.7 Å². The van der Waals surface area contributed by atoms with Gasteiger partial charge in [0.15, 0.2) is 0 Å². The molecule has 0 fully saturated rings. The zero-order valence-corrected chi connectivity index (χ0v) is 8.28. The van der Waals surface area contributed by atoms with E-state index in [9.17, 15) is 4.79 Å². The van der Waals surface area contributed by atoms with E-state index < -0.39 is 0 Å². The third-order valence-corrected chi connectivity index (χ3v) is 1.74. The van der Waals surface area contributed by atoms with Gasteiger partial charge in [-0.2, -0.15) is 4.98 Å². The maximum atomic E-state index is 11.2. The minimum absolute atomic E-state index is 0.0331. The van der Waals surface area contributed by atoms with Gasteiger partial charge in [-0.15, -0.1) is 0 Å². The minimum Gasteiger partial charge on any atom is -0.349 e. The number of aromatic nitrogens is 2. The topological polar surface area (TPSA) is 94.0 Å². The largest absolute Gasteiger partial charge is 0.349 e. The van der Waals surface area contributed by atoms with Crippen molar-refractivity contribution >= 4 is 5.91 Å². The van der Waals surface area contributed by atoms with Crippen molar-refractivity contribution in [1.82, 2.24) is 15.5 Å². The molecule has 0 aromatic carbocycles. The molecule has 0 saturated heterocycles. The van der Waals surface area contributed by atoms with Crippen LogP contribution in [0.5, 0.6) is 0 Å². The fourth-order valence-electron chi connectivity index (χ4n) is 0.892. The molecule has 0 saturated carbocycles. The fraction of sp³-hybridized carbons (Fsp3) is 0.625. The molecule has 1 aromatic rings. The van der Waals surface area contributed by atoms with Crippen LogP contribution in [0.15, 0.2) is 4.52 Å².